The predicted molar refractivity (Wildman–Crippen MR) is 51.3 cm³/mol. The van der Waals surface area contributed by atoms with E-state index in [-0.39, 0.29) is 23.7 Å². The van der Waals surface area contributed by atoms with Gasteiger partial charge in [0.15, 0.2) is 11.6 Å². The molecule has 0 saturated carbocycles. The van der Waals surface area contributed by atoms with Gasteiger partial charge in [0.1, 0.15) is 0 Å². The number of benzene rings is 1. The highest BCUT2D eigenvalue weighted by molar-refractivity contribution is 5.77. The molecular weight excluding hydrogens is 186 g/mol. The summed E-state index contributed by atoms with van der Waals surface area (Å²) in [5.41, 5.74) is 5.45. The van der Waals surface area contributed by atoms with Crippen molar-refractivity contribution in [1.82, 2.24) is 0 Å². The van der Waals surface area contributed by atoms with Crippen LogP contribution in [-0.4, -0.2) is 5.84 Å². The Kier molecular flexibility index (Phi) is 3.17. The highest BCUT2D eigenvalue weighted by Gasteiger charge is 2.14. The molecule has 0 saturated heterocycles. The molecule has 0 radical (unpaired) electrons. The van der Waals surface area contributed by atoms with Crippen LogP contribution in [0.4, 0.5) is 8.78 Å². The van der Waals surface area contributed by atoms with Crippen molar-refractivity contribution in [1.29, 1.82) is 5.41 Å². The van der Waals surface area contributed by atoms with E-state index in [1.54, 1.807) is 6.92 Å². The summed E-state index contributed by atoms with van der Waals surface area (Å²) in [7, 11) is 0. The molecule has 0 amide bonds. The van der Waals surface area contributed by atoms with Gasteiger partial charge >= 0.3 is 0 Å². The molecule has 14 heavy (non-hydrogen) atoms. The average Bonchev–Trinajstić information content (AvgIpc) is 2.08. The summed E-state index contributed by atoms with van der Waals surface area (Å²) in [6, 6.07) is 4.02. The summed E-state index contributed by atoms with van der Waals surface area (Å²) in [6.07, 6.45) is 0.236. The van der Waals surface area contributed by atoms with E-state index >= 15 is 0 Å². The van der Waals surface area contributed by atoms with Gasteiger partial charge in [-0.15, -0.1) is 0 Å². The summed E-state index contributed by atoms with van der Waals surface area (Å²) >= 11 is 0. The first-order chi connectivity index (χ1) is 6.52. The molecule has 0 aliphatic rings. The maximum atomic E-state index is 13.2. The van der Waals surface area contributed by atoms with Crippen molar-refractivity contribution >= 4 is 5.84 Å². The van der Waals surface area contributed by atoms with Gasteiger partial charge in [-0.25, -0.2) is 8.78 Å². The molecule has 0 fully saturated rings. The zero-order chi connectivity index (χ0) is 10.7. The van der Waals surface area contributed by atoms with Gasteiger partial charge in [0, 0.05) is 6.42 Å². The lowest BCUT2D eigenvalue weighted by atomic mass is 9.97. The lowest BCUT2D eigenvalue weighted by Gasteiger charge is -2.11. The molecule has 1 aromatic rings. The standard InChI is InChI=1S/C10H12F2N2/c1-6(5-9(13)14)7-3-2-4-8(11)10(7)12/h2-4,6H,5H2,1H3,(H3,13,14). The van der Waals surface area contributed by atoms with Crippen molar-refractivity contribution in [3.63, 3.8) is 0 Å². The van der Waals surface area contributed by atoms with Gasteiger partial charge in [0.05, 0.1) is 5.84 Å². The van der Waals surface area contributed by atoms with Crippen LogP contribution < -0.4 is 5.73 Å². The highest BCUT2D eigenvalue weighted by atomic mass is 19.2. The quantitative estimate of drug-likeness (QED) is 0.568. The smallest absolute Gasteiger partial charge is 0.162 e. The molecule has 76 valence electrons. The first kappa shape index (κ1) is 10.6. The normalized spacial score (nSPS) is 12.5. The number of rotatable bonds is 3. The highest BCUT2D eigenvalue weighted by Crippen LogP contribution is 2.23. The fourth-order valence-corrected chi connectivity index (χ4v) is 1.34. The average molecular weight is 198 g/mol. The Bertz CT molecular complexity index is 350. The topological polar surface area (TPSA) is 49.9 Å². The number of nitrogens with two attached hydrogens (primary N) is 1. The second kappa shape index (κ2) is 4.17. The summed E-state index contributed by atoms with van der Waals surface area (Å²) in [4.78, 5) is 0. The second-order valence-electron chi connectivity index (χ2n) is 3.27. The van der Waals surface area contributed by atoms with Crippen LogP contribution in [0.1, 0.15) is 24.8 Å². The summed E-state index contributed by atoms with van der Waals surface area (Å²) < 4.78 is 26.0. The molecule has 1 aromatic carbocycles. The van der Waals surface area contributed by atoms with Crippen molar-refractivity contribution < 1.29 is 8.78 Å². The van der Waals surface area contributed by atoms with Gasteiger partial charge in [-0.1, -0.05) is 19.1 Å². The van der Waals surface area contributed by atoms with Crippen LogP contribution >= 0.6 is 0 Å². The first-order valence-electron chi connectivity index (χ1n) is 4.29. The van der Waals surface area contributed by atoms with E-state index in [4.69, 9.17) is 11.1 Å². The molecule has 0 heterocycles. The van der Waals surface area contributed by atoms with Crippen molar-refractivity contribution in [2.24, 2.45) is 5.73 Å². The van der Waals surface area contributed by atoms with E-state index in [1.165, 1.54) is 12.1 Å². The van der Waals surface area contributed by atoms with E-state index in [1.807, 2.05) is 0 Å². The molecule has 2 nitrogen and oxygen atoms in total. The Morgan fingerprint density at radius 1 is 1.50 bits per heavy atom. The van der Waals surface area contributed by atoms with Gasteiger partial charge in [0.25, 0.3) is 0 Å². The lowest BCUT2D eigenvalue weighted by Crippen LogP contribution is -2.13. The van der Waals surface area contributed by atoms with Crippen LogP contribution in [0.15, 0.2) is 18.2 Å². The minimum atomic E-state index is -0.863. The van der Waals surface area contributed by atoms with Crippen LogP contribution in [0.5, 0.6) is 0 Å². The van der Waals surface area contributed by atoms with Gasteiger partial charge in [-0.3, -0.25) is 5.41 Å². The third-order valence-corrected chi connectivity index (χ3v) is 2.04. The van der Waals surface area contributed by atoms with Gasteiger partial charge in [0.2, 0.25) is 0 Å². The zero-order valence-electron chi connectivity index (χ0n) is 7.85. The monoisotopic (exact) mass is 198 g/mol. The minimum Gasteiger partial charge on any atom is -0.388 e. The third-order valence-electron chi connectivity index (χ3n) is 2.04. The predicted octanol–water partition coefficient (Wildman–Crippen LogP) is 2.39. The molecule has 4 heteroatoms. The zero-order valence-corrected chi connectivity index (χ0v) is 7.85. The molecule has 0 aliphatic carbocycles. The van der Waals surface area contributed by atoms with Crippen molar-refractivity contribution in [2.75, 3.05) is 0 Å². The Morgan fingerprint density at radius 3 is 2.71 bits per heavy atom. The molecule has 0 aliphatic heterocycles. The molecule has 0 spiro atoms. The fourth-order valence-electron chi connectivity index (χ4n) is 1.34. The van der Waals surface area contributed by atoms with E-state index in [9.17, 15) is 8.78 Å². The van der Waals surface area contributed by atoms with Crippen molar-refractivity contribution in [2.45, 2.75) is 19.3 Å². The van der Waals surface area contributed by atoms with Crippen LogP contribution in [0.25, 0.3) is 0 Å². The Morgan fingerprint density at radius 2 is 2.14 bits per heavy atom. The number of halogens is 2. The lowest BCUT2D eigenvalue weighted by molar-refractivity contribution is 0.492. The summed E-state index contributed by atoms with van der Waals surface area (Å²) in [5, 5.41) is 7.06. The molecular formula is C10H12F2N2. The number of nitrogens with one attached hydrogen (secondary N) is 1. The molecule has 3 N–H and O–H groups in total. The van der Waals surface area contributed by atoms with E-state index < -0.39 is 11.6 Å². The van der Waals surface area contributed by atoms with E-state index in [0.29, 0.717) is 0 Å². The first-order valence-corrected chi connectivity index (χ1v) is 4.29. The number of hydrogen-bond donors (Lipinski definition) is 2. The second-order valence-corrected chi connectivity index (χ2v) is 3.27. The Labute approximate surface area is 81.2 Å². The SMILES string of the molecule is CC(CC(=N)N)c1cccc(F)c1F. The van der Waals surface area contributed by atoms with Crippen LogP contribution in [0, 0.1) is 17.0 Å². The van der Waals surface area contributed by atoms with Gasteiger partial charge in [-0.2, -0.15) is 0 Å². The summed E-state index contributed by atoms with van der Waals surface area (Å²) in [5.74, 6) is -2.01. The summed E-state index contributed by atoms with van der Waals surface area (Å²) in [6.45, 7) is 1.71. The van der Waals surface area contributed by atoms with E-state index in [2.05, 4.69) is 0 Å². The van der Waals surface area contributed by atoms with Crippen LogP contribution in [0.2, 0.25) is 0 Å². The van der Waals surface area contributed by atoms with Crippen molar-refractivity contribution in [3.8, 4) is 0 Å². The number of hydrogen-bond acceptors (Lipinski definition) is 1. The fraction of sp³-hybridized carbons (Fsp3) is 0.300. The third kappa shape index (κ3) is 2.28. The van der Waals surface area contributed by atoms with Crippen LogP contribution in [-0.2, 0) is 0 Å². The van der Waals surface area contributed by atoms with Crippen molar-refractivity contribution in [3.05, 3.63) is 35.4 Å². The maximum absolute atomic E-state index is 13.2. The minimum absolute atomic E-state index is 0.0267. The maximum Gasteiger partial charge on any atom is 0.162 e. The van der Waals surface area contributed by atoms with Gasteiger partial charge < -0.3 is 5.73 Å². The Hall–Kier alpha value is -1.45. The molecule has 1 rings (SSSR count). The molecule has 1 atom stereocenters. The van der Waals surface area contributed by atoms with Gasteiger partial charge in [-0.05, 0) is 17.5 Å². The largest absolute Gasteiger partial charge is 0.388 e. The molecule has 0 aromatic heterocycles. The van der Waals surface area contributed by atoms with E-state index in [0.717, 1.165) is 6.07 Å². The molecule has 0 bridgehead atoms. The van der Waals surface area contributed by atoms with Crippen LogP contribution in [0.3, 0.4) is 0 Å². The number of amidine groups is 1. The molecule has 1 unspecified atom stereocenters. The Balaban J connectivity index is 2.95.